The predicted octanol–water partition coefficient (Wildman–Crippen LogP) is 16.8. The zero-order valence-electron chi connectivity index (χ0n) is 57.5. The molecule has 6 aliphatic rings. The Morgan fingerprint density at radius 2 is 0.604 bits per heavy atom. The third-order valence-corrected chi connectivity index (χ3v) is 21.8. The summed E-state index contributed by atoms with van der Waals surface area (Å²) < 4.78 is 22.4. The smallest absolute Gasteiger partial charge is 0.256 e. The first-order valence-corrected chi connectivity index (χ1v) is 34.1. The molecule has 0 aromatic heterocycles. The van der Waals surface area contributed by atoms with E-state index in [0.29, 0.717) is 0 Å². The highest BCUT2D eigenvalue weighted by Gasteiger charge is 2.50. The van der Waals surface area contributed by atoms with E-state index in [4.69, 9.17) is 14.2 Å². The van der Waals surface area contributed by atoms with E-state index in [1.54, 1.807) is 0 Å². The van der Waals surface area contributed by atoms with Gasteiger partial charge in [0.2, 0.25) is 0 Å². The molecule has 18 rings (SSSR count). The Bertz CT molecular complexity index is 5430. The second kappa shape index (κ2) is 20.8. The average Bonchev–Trinajstić information content (AvgIpc) is 0.693. The van der Waals surface area contributed by atoms with Crippen molar-refractivity contribution in [2.24, 2.45) is 0 Å². The van der Waals surface area contributed by atoms with Crippen LogP contribution in [0.5, 0.6) is 34.5 Å². The number of hydrogen-bond donors (Lipinski definition) is 1. The molecular weight excluding hydrogens is 1170 g/mol. The molecule has 0 atom stereocenters. The Balaban J connectivity index is 0.948. The lowest BCUT2D eigenvalue weighted by atomic mass is 9.29. The molecule has 0 saturated carbocycles. The van der Waals surface area contributed by atoms with Crippen LogP contribution in [0.1, 0.15) is 83.5 Å². The Kier molecular flexibility index (Phi) is 12.6. The summed E-state index contributed by atoms with van der Waals surface area (Å²) in [5.41, 5.74) is 45.1. The topological polar surface area (TPSA) is 46.2 Å². The van der Waals surface area contributed by atoms with Gasteiger partial charge >= 0.3 is 0 Å². The molecule has 464 valence electrons. The molecule has 0 spiro atoms. The minimum atomic E-state index is -0.270. The molecular formula is C87H74B3N3O3. The SMILES string of the molecule is Cc1cc(C)c(-c2cc3c4c(c2)Oc2ccccc2B4c2cc4c(cc2N3)N(c2c(C)cc(C)cc2C)c2cc(-c3c(C)cc(C)cc3C)cc3c2B4c2cc4c(cc2O3)N(c2c(C)cc(C)cc2C)c2cc(-c3c(C)cc(C)cc3C)cc3c2B4c2ccccc2O3)c(C)c1. The number of hydrogen-bond acceptors (Lipinski definition) is 6. The maximum Gasteiger partial charge on any atom is 0.256 e. The summed E-state index contributed by atoms with van der Waals surface area (Å²) >= 11 is 0. The number of nitrogens with one attached hydrogen (secondary N) is 1. The summed E-state index contributed by atoms with van der Waals surface area (Å²) in [6, 6.07) is 65.1. The lowest BCUT2D eigenvalue weighted by Gasteiger charge is -2.45. The van der Waals surface area contributed by atoms with Crippen molar-refractivity contribution in [1.29, 1.82) is 0 Å². The predicted molar refractivity (Wildman–Crippen MR) is 406 cm³/mol. The third kappa shape index (κ3) is 8.47. The number of ether oxygens (including phenoxy) is 3. The van der Waals surface area contributed by atoms with E-state index in [0.717, 1.165) is 118 Å². The Morgan fingerprint density at radius 1 is 0.260 bits per heavy atom. The molecule has 0 saturated heterocycles. The highest BCUT2D eigenvalue weighted by atomic mass is 16.5. The summed E-state index contributed by atoms with van der Waals surface area (Å²) in [7, 11) is 0. The minimum Gasteiger partial charge on any atom is -0.458 e. The van der Waals surface area contributed by atoms with Crippen LogP contribution in [0.25, 0.3) is 33.4 Å². The van der Waals surface area contributed by atoms with E-state index < -0.39 is 0 Å². The number of fused-ring (bicyclic) bond motifs is 12. The van der Waals surface area contributed by atoms with Gasteiger partial charge in [0, 0.05) is 40.2 Å². The molecule has 0 amide bonds. The van der Waals surface area contributed by atoms with Crippen LogP contribution >= 0.6 is 0 Å². The first-order valence-electron chi connectivity index (χ1n) is 34.1. The second-order valence-electron chi connectivity index (χ2n) is 29.0. The van der Waals surface area contributed by atoms with E-state index >= 15 is 0 Å². The lowest BCUT2D eigenvalue weighted by Crippen LogP contribution is -2.65. The summed E-state index contributed by atoms with van der Waals surface area (Å²) in [6.07, 6.45) is 0. The van der Waals surface area contributed by atoms with Gasteiger partial charge < -0.3 is 29.3 Å². The first kappa shape index (κ1) is 58.2. The minimum absolute atomic E-state index is 0.133. The van der Waals surface area contributed by atoms with Gasteiger partial charge in [-0.25, -0.2) is 0 Å². The molecule has 0 bridgehead atoms. The van der Waals surface area contributed by atoms with Gasteiger partial charge in [0.25, 0.3) is 20.1 Å². The normalized spacial score (nSPS) is 13.6. The number of para-hydroxylation sites is 2. The Hall–Kier alpha value is -10.4. The van der Waals surface area contributed by atoms with Crippen molar-refractivity contribution in [1.82, 2.24) is 0 Å². The van der Waals surface area contributed by atoms with Gasteiger partial charge in [-0.3, -0.25) is 0 Å². The standard InChI is InChI=1S/C87H74B3N3O3/c1-44-24-49(6)80(50(7)25-44)59-34-69-83-77(37-59)94-74-22-18-16-20-62(74)88(83)64-40-65-70(42-68(64)91-69)92(86-55(12)30-47(4)31-56(86)13)73-36-61(82-53(10)28-46(3)29-54(82)11)39-79-85(73)90(65)67-41-66-71(43-76(67)96-79)93(87-57(14)32-48(5)33-58(87)15)72-35-60(81-51(8)26-45(2)27-52(81)9)38-78-84(72)89(66)63-21-17-19-23-75(63)95-78/h16-43,91H,1-15H3. The molecule has 6 nitrogen and oxygen atoms in total. The van der Waals surface area contributed by atoms with E-state index in [1.807, 2.05) is 0 Å². The van der Waals surface area contributed by atoms with Crippen LogP contribution in [0, 0.1) is 104 Å². The number of benzene rings is 12. The molecule has 0 unspecified atom stereocenters. The van der Waals surface area contributed by atoms with Gasteiger partial charge in [0.05, 0.1) is 11.4 Å². The fourth-order valence-electron chi connectivity index (χ4n) is 18.9. The quantitative estimate of drug-likeness (QED) is 0.173. The number of aryl methyl sites for hydroxylation is 15. The van der Waals surface area contributed by atoms with Gasteiger partial charge in [-0.05, 0) is 297 Å². The molecule has 0 fully saturated rings. The van der Waals surface area contributed by atoms with E-state index in [-0.39, 0.29) is 20.1 Å². The van der Waals surface area contributed by atoms with Crippen molar-refractivity contribution in [2.75, 3.05) is 15.1 Å². The van der Waals surface area contributed by atoms with Gasteiger partial charge in [0.1, 0.15) is 34.5 Å². The molecule has 0 radical (unpaired) electrons. The van der Waals surface area contributed by atoms with Crippen molar-refractivity contribution < 1.29 is 14.2 Å². The van der Waals surface area contributed by atoms with E-state index in [2.05, 4.69) is 289 Å². The van der Waals surface area contributed by atoms with Crippen LogP contribution in [-0.2, 0) is 0 Å². The van der Waals surface area contributed by atoms with Crippen molar-refractivity contribution >= 4 is 115 Å². The van der Waals surface area contributed by atoms with Gasteiger partial charge in [-0.2, -0.15) is 0 Å². The van der Waals surface area contributed by atoms with Gasteiger partial charge in [0.15, 0.2) is 0 Å². The summed E-state index contributed by atoms with van der Waals surface area (Å²) in [5.74, 6) is 5.24. The Labute approximate surface area is 565 Å². The molecule has 6 heterocycles. The molecule has 0 aliphatic carbocycles. The van der Waals surface area contributed by atoms with Crippen molar-refractivity contribution in [2.45, 2.75) is 104 Å². The van der Waals surface area contributed by atoms with Crippen molar-refractivity contribution in [3.63, 3.8) is 0 Å². The summed E-state index contributed by atoms with van der Waals surface area (Å²) in [5, 5.41) is 4.18. The first-order chi connectivity index (χ1) is 46.2. The number of nitrogens with zero attached hydrogens (tertiary/aromatic N) is 2. The van der Waals surface area contributed by atoms with Crippen LogP contribution in [-0.4, -0.2) is 20.1 Å². The van der Waals surface area contributed by atoms with Crippen LogP contribution in [0.4, 0.5) is 45.5 Å². The second-order valence-corrected chi connectivity index (χ2v) is 29.0. The van der Waals surface area contributed by atoms with Gasteiger partial charge in [-0.15, -0.1) is 0 Å². The maximum absolute atomic E-state index is 7.94. The van der Waals surface area contributed by atoms with Crippen LogP contribution < -0.4 is 78.5 Å². The third-order valence-electron chi connectivity index (χ3n) is 21.8. The zero-order valence-corrected chi connectivity index (χ0v) is 57.5. The van der Waals surface area contributed by atoms with E-state index in [9.17, 15) is 0 Å². The van der Waals surface area contributed by atoms with Crippen molar-refractivity contribution in [3.8, 4) is 67.9 Å². The molecule has 96 heavy (non-hydrogen) atoms. The fraction of sp³-hybridized carbons (Fsp3) is 0.172. The monoisotopic (exact) mass is 1240 g/mol. The highest BCUT2D eigenvalue weighted by molar-refractivity contribution is 7.03. The van der Waals surface area contributed by atoms with Crippen LogP contribution in [0.2, 0.25) is 0 Å². The van der Waals surface area contributed by atoms with Crippen molar-refractivity contribution in [3.05, 3.63) is 253 Å². The molecule has 1 N–H and O–H groups in total. The molecule has 9 heteroatoms. The number of anilines is 8. The Morgan fingerprint density at radius 3 is 1.04 bits per heavy atom. The lowest BCUT2D eigenvalue weighted by molar-refractivity contribution is 0.487. The zero-order chi connectivity index (χ0) is 65.9. The number of rotatable bonds is 5. The molecule has 6 aliphatic heterocycles. The van der Waals surface area contributed by atoms with Gasteiger partial charge in [-0.1, -0.05) is 137 Å². The molecule has 12 aromatic rings. The van der Waals surface area contributed by atoms with E-state index in [1.165, 1.54) is 128 Å². The average molecular weight is 1240 g/mol. The van der Waals surface area contributed by atoms with Crippen LogP contribution in [0.3, 0.4) is 0 Å². The summed E-state index contributed by atoms with van der Waals surface area (Å²) in [6.45, 7) is 33.1. The molecule has 12 aromatic carbocycles. The maximum atomic E-state index is 7.94. The van der Waals surface area contributed by atoms with Crippen LogP contribution in [0.15, 0.2) is 170 Å². The largest absolute Gasteiger partial charge is 0.458 e. The fourth-order valence-corrected chi connectivity index (χ4v) is 18.9. The summed E-state index contributed by atoms with van der Waals surface area (Å²) in [4.78, 5) is 5.18. The highest BCUT2D eigenvalue weighted by Crippen LogP contribution is 2.51.